The van der Waals surface area contributed by atoms with Crippen molar-refractivity contribution in [2.75, 3.05) is 5.88 Å². The molecule has 1 aromatic carbocycles. The number of nitrogens with zero attached hydrogens (tertiary/aromatic N) is 1. The first-order chi connectivity index (χ1) is 10.1. The first kappa shape index (κ1) is 15.9. The van der Waals surface area contributed by atoms with Crippen molar-refractivity contribution < 1.29 is 8.42 Å². The van der Waals surface area contributed by atoms with Crippen LogP contribution in [0.3, 0.4) is 0 Å². The highest BCUT2D eigenvalue weighted by atomic mass is 35.5. The second kappa shape index (κ2) is 7.54. The lowest BCUT2D eigenvalue weighted by atomic mass is 10.1. The van der Waals surface area contributed by atoms with Crippen LogP contribution in [0.2, 0.25) is 0 Å². The standard InChI is InChI=1S/C15H17ClN2O2S/c16-9-1-3-13-5-7-15(8-6-13)21(19,20)18-12-14-4-2-10-17-11-14/h2,4-8,10-11,18H,1,3,9,12H2. The summed E-state index contributed by atoms with van der Waals surface area (Å²) in [6.45, 7) is 0.226. The van der Waals surface area contributed by atoms with E-state index in [-0.39, 0.29) is 11.4 Å². The lowest BCUT2D eigenvalue weighted by Gasteiger charge is -2.07. The normalized spacial score (nSPS) is 11.5. The molecule has 0 amide bonds. The number of sulfonamides is 1. The Morgan fingerprint density at radius 2 is 1.86 bits per heavy atom. The zero-order valence-electron chi connectivity index (χ0n) is 11.5. The summed E-state index contributed by atoms with van der Waals surface area (Å²) in [4.78, 5) is 4.22. The number of alkyl halides is 1. The SMILES string of the molecule is O=S(=O)(NCc1cccnc1)c1ccc(CCCCl)cc1. The molecule has 0 unspecified atom stereocenters. The maximum absolute atomic E-state index is 12.2. The highest BCUT2D eigenvalue weighted by molar-refractivity contribution is 7.89. The molecule has 0 fully saturated rings. The largest absolute Gasteiger partial charge is 0.264 e. The Morgan fingerprint density at radius 1 is 1.10 bits per heavy atom. The summed E-state index contributed by atoms with van der Waals surface area (Å²) in [7, 11) is -3.50. The van der Waals surface area contributed by atoms with Crippen LogP contribution >= 0.6 is 11.6 Å². The Bertz CT molecular complexity index is 658. The van der Waals surface area contributed by atoms with Crippen molar-refractivity contribution >= 4 is 21.6 Å². The summed E-state index contributed by atoms with van der Waals surface area (Å²) in [6.07, 6.45) is 5.02. The van der Waals surface area contributed by atoms with E-state index in [1.807, 2.05) is 18.2 Å². The molecule has 1 heterocycles. The van der Waals surface area contributed by atoms with E-state index >= 15 is 0 Å². The molecule has 0 aliphatic rings. The monoisotopic (exact) mass is 324 g/mol. The van der Waals surface area contributed by atoms with E-state index in [4.69, 9.17) is 11.6 Å². The topological polar surface area (TPSA) is 59.1 Å². The van der Waals surface area contributed by atoms with E-state index in [1.54, 1.807) is 30.6 Å². The molecule has 21 heavy (non-hydrogen) atoms. The summed E-state index contributed by atoms with van der Waals surface area (Å²) in [5, 5.41) is 0. The van der Waals surface area contributed by atoms with Crippen LogP contribution in [-0.4, -0.2) is 19.3 Å². The van der Waals surface area contributed by atoms with Gasteiger partial charge in [-0.15, -0.1) is 11.6 Å². The smallest absolute Gasteiger partial charge is 0.240 e. The van der Waals surface area contributed by atoms with Gasteiger partial charge in [0.2, 0.25) is 10.0 Å². The van der Waals surface area contributed by atoms with Crippen LogP contribution in [0.4, 0.5) is 0 Å². The van der Waals surface area contributed by atoms with Crippen LogP contribution in [0, 0.1) is 0 Å². The summed E-state index contributed by atoms with van der Waals surface area (Å²) >= 11 is 5.64. The van der Waals surface area contributed by atoms with Gasteiger partial charge in [0.1, 0.15) is 0 Å². The van der Waals surface area contributed by atoms with Crippen molar-refractivity contribution in [3.8, 4) is 0 Å². The molecule has 0 spiro atoms. The van der Waals surface area contributed by atoms with Gasteiger partial charge >= 0.3 is 0 Å². The average Bonchev–Trinajstić information content (AvgIpc) is 2.52. The maximum Gasteiger partial charge on any atom is 0.240 e. The van der Waals surface area contributed by atoms with Gasteiger partial charge in [-0.1, -0.05) is 18.2 Å². The number of aromatic nitrogens is 1. The Labute approximate surface area is 130 Å². The molecule has 0 saturated heterocycles. The molecule has 0 radical (unpaired) electrons. The minimum atomic E-state index is -3.50. The van der Waals surface area contributed by atoms with Gasteiger partial charge in [-0.3, -0.25) is 4.98 Å². The van der Waals surface area contributed by atoms with E-state index in [0.717, 1.165) is 24.0 Å². The average molecular weight is 325 g/mol. The molecule has 0 saturated carbocycles. The quantitative estimate of drug-likeness (QED) is 0.797. The van der Waals surface area contributed by atoms with Gasteiger partial charge in [0.05, 0.1) is 4.90 Å². The van der Waals surface area contributed by atoms with Gasteiger partial charge in [0.15, 0.2) is 0 Å². The zero-order valence-corrected chi connectivity index (χ0v) is 13.1. The van der Waals surface area contributed by atoms with Crippen LogP contribution in [0.25, 0.3) is 0 Å². The van der Waals surface area contributed by atoms with Gasteiger partial charge in [0.25, 0.3) is 0 Å². The van der Waals surface area contributed by atoms with Crippen molar-refractivity contribution in [2.24, 2.45) is 0 Å². The van der Waals surface area contributed by atoms with Crippen molar-refractivity contribution in [1.82, 2.24) is 9.71 Å². The number of benzene rings is 1. The molecule has 1 aromatic heterocycles. The molecular formula is C15H17ClN2O2S. The Morgan fingerprint density at radius 3 is 2.48 bits per heavy atom. The van der Waals surface area contributed by atoms with Crippen molar-refractivity contribution in [2.45, 2.75) is 24.3 Å². The van der Waals surface area contributed by atoms with Crippen molar-refractivity contribution in [3.05, 3.63) is 59.9 Å². The second-order valence-corrected chi connectivity index (χ2v) is 6.77. The highest BCUT2D eigenvalue weighted by Crippen LogP contribution is 2.12. The molecule has 2 rings (SSSR count). The number of pyridine rings is 1. The van der Waals surface area contributed by atoms with Gasteiger partial charge < -0.3 is 0 Å². The van der Waals surface area contributed by atoms with E-state index < -0.39 is 10.0 Å². The molecule has 2 aromatic rings. The fraction of sp³-hybridized carbons (Fsp3) is 0.267. The van der Waals surface area contributed by atoms with Crippen molar-refractivity contribution in [3.63, 3.8) is 0 Å². The molecular weight excluding hydrogens is 308 g/mol. The van der Waals surface area contributed by atoms with Gasteiger partial charge in [-0.2, -0.15) is 0 Å². The first-order valence-corrected chi connectivity index (χ1v) is 8.67. The van der Waals surface area contributed by atoms with E-state index in [2.05, 4.69) is 9.71 Å². The molecule has 4 nitrogen and oxygen atoms in total. The molecule has 1 N–H and O–H groups in total. The van der Waals surface area contributed by atoms with Crippen molar-refractivity contribution in [1.29, 1.82) is 0 Å². The summed E-state index contributed by atoms with van der Waals surface area (Å²) < 4.78 is 26.9. The van der Waals surface area contributed by atoms with Gasteiger partial charge in [0, 0.05) is 24.8 Å². The minimum absolute atomic E-state index is 0.226. The fourth-order valence-corrected chi connectivity index (χ4v) is 3.02. The zero-order chi connectivity index (χ0) is 15.1. The Kier molecular flexibility index (Phi) is 5.73. The van der Waals surface area contributed by atoms with E-state index in [0.29, 0.717) is 5.88 Å². The molecule has 112 valence electrons. The predicted octanol–water partition coefficient (Wildman–Crippen LogP) is 2.73. The lowest BCUT2D eigenvalue weighted by molar-refractivity contribution is 0.581. The lowest BCUT2D eigenvalue weighted by Crippen LogP contribution is -2.23. The highest BCUT2D eigenvalue weighted by Gasteiger charge is 2.13. The third kappa shape index (κ3) is 4.81. The maximum atomic E-state index is 12.2. The van der Waals surface area contributed by atoms with E-state index in [1.165, 1.54) is 0 Å². The summed E-state index contributed by atoms with van der Waals surface area (Å²) in [6, 6.07) is 10.5. The van der Waals surface area contributed by atoms with E-state index in [9.17, 15) is 8.42 Å². The van der Waals surface area contributed by atoms with Crippen LogP contribution in [-0.2, 0) is 23.0 Å². The molecule has 0 aliphatic heterocycles. The third-order valence-electron chi connectivity index (χ3n) is 3.02. The number of halogens is 1. The third-order valence-corrected chi connectivity index (χ3v) is 4.71. The number of hydrogen-bond acceptors (Lipinski definition) is 3. The second-order valence-electron chi connectivity index (χ2n) is 4.62. The summed E-state index contributed by atoms with van der Waals surface area (Å²) in [5.74, 6) is 0.604. The van der Waals surface area contributed by atoms with Gasteiger partial charge in [-0.25, -0.2) is 13.1 Å². The first-order valence-electron chi connectivity index (χ1n) is 6.65. The number of rotatable bonds is 7. The number of aryl methyl sites for hydroxylation is 1. The molecule has 0 aliphatic carbocycles. The van der Waals surface area contributed by atoms with Crippen LogP contribution in [0.15, 0.2) is 53.7 Å². The minimum Gasteiger partial charge on any atom is -0.264 e. The number of nitrogens with one attached hydrogen (secondary N) is 1. The summed E-state index contributed by atoms with van der Waals surface area (Å²) in [5.41, 5.74) is 1.90. The van der Waals surface area contributed by atoms with Crippen LogP contribution in [0.1, 0.15) is 17.5 Å². The van der Waals surface area contributed by atoms with Crippen LogP contribution in [0.5, 0.6) is 0 Å². The predicted molar refractivity (Wildman–Crippen MR) is 83.7 cm³/mol. The Balaban J connectivity index is 2.02. The van der Waals surface area contributed by atoms with Gasteiger partial charge in [-0.05, 0) is 42.2 Å². The number of hydrogen-bond donors (Lipinski definition) is 1. The Hall–Kier alpha value is -1.43. The molecule has 0 atom stereocenters. The molecule has 0 bridgehead atoms. The molecule has 6 heteroatoms. The van der Waals surface area contributed by atoms with Crippen LogP contribution < -0.4 is 4.72 Å². The fourth-order valence-electron chi connectivity index (χ4n) is 1.87.